The number of ether oxygens (including phenoxy) is 1. The zero-order chi connectivity index (χ0) is 19.3. The lowest BCUT2D eigenvalue weighted by Crippen LogP contribution is -2.59. The van der Waals surface area contributed by atoms with Crippen LogP contribution < -0.4 is 11.1 Å². The molecular weight excluding hydrogens is 336 g/mol. The van der Waals surface area contributed by atoms with Crippen LogP contribution >= 0.6 is 0 Å². The van der Waals surface area contributed by atoms with Crippen LogP contribution in [0.3, 0.4) is 0 Å². The number of amidine groups is 1. The van der Waals surface area contributed by atoms with E-state index in [2.05, 4.69) is 15.3 Å². The molecule has 0 spiro atoms. The van der Waals surface area contributed by atoms with Gasteiger partial charge in [-0.15, -0.1) is 0 Å². The molecule has 8 heteroatoms. The summed E-state index contributed by atoms with van der Waals surface area (Å²) in [5.74, 6) is 0.0946. The standard InChI is InChI=1S/C18H26N4O4/c1-18(2,3)26-17(24)22-10-9-14(22)16(23)20-11-12-5-7-13(8-6-12)15(19)21-25-4/h5-8,14H,9-11H2,1-4H3,(H2,19,21)(H,20,23). The molecule has 0 saturated carbocycles. The van der Waals surface area contributed by atoms with E-state index in [1.807, 2.05) is 12.1 Å². The molecule has 1 atom stereocenters. The Hall–Kier alpha value is -2.77. The quantitative estimate of drug-likeness (QED) is 0.470. The first-order chi connectivity index (χ1) is 12.2. The molecule has 1 heterocycles. The molecular formula is C18H26N4O4. The number of amides is 2. The van der Waals surface area contributed by atoms with Gasteiger partial charge in [-0.1, -0.05) is 29.4 Å². The Balaban J connectivity index is 1.87. The first kappa shape index (κ1) is 19.6. The van der Waals surface area contributed by atoms with Crippen LogP contribution in [0, 0.1) is 0 Å². The Bertz CT molecular complexity index is 679. The molecule has 2 rings (SSSR count). The van der Waals surface area contributed by atoms with Crippen molar-refractivity contribution in [3.63, 3.8) is 0 Å². The smallest absolute Gasteiger partial charge is 0.410 e. The van der Waals surface area contributed by atoms with E-state index >= 15 is 0 Å². The van der Waals surface area contributed by atoms with Crippen LogP contribution in [-0.2, 0) is 20.9 Å². The van der Waals surface area contributed by atoms with Crippen molar-refractivity contribution in [3.8, 4) is 0 Å². The van der Waals surface area contributed by atoms with Gasteiger partial charge in [0.2, 0.25) is 5.91 Å². The fourth-order valence-electron chi connectivity index (χ4n) is 2.45. The minimum absolute atomic E-state index is 0.188. The first-order valence-electron chi connectivity index (χ1n) is 8.44. The second-order valence-corrected chi connectivity index (χ2v) is 7.05. The molecule has 0 aromatic heterocycles. The Labute approximate surface area is 153 Å². The number of hydrogen-bond acceptors (Lipinski definition) is 5. The Kier molecular flexibility index (Phi) is 6.07. The zero-order valence-electron chi connectivity index (χ0n) is 15.6. The predicted molar refractivity (Wildman–Crippen MR) is 97.4 cm³/mol. The summed E-state index contributed by atoms with van der Waals surface area (Å²) in [6.45, 7) is 6.29. The van der Waals surface area contributed by atoms with E-state index < -0.39 is 17.7 Å². The first-order valence-corrected chi connectivity index (χ1v) is 8.44. The molecule has 1 fully saturated rings. The number of oxime groups is 1. The van der Waals surface area contributed by atoms with Crippen molar-refractivity contribution in [2.24, 2.45) is 10.9 Å². The SMILES string of the molecule is CO/N=C(\N)c1ccc(CNC(=O)C2CCN2C(=O)OC(C)(C)C)cc1. The molecule has 1 aliphatic rings. The van der Waals surface area contributed by atoms with E-state index in [1.54, 1.807) is 32.9 Å². The Morgan fingerprint density at radius 1 is 1.31 bits per heavy atom. The lowest BCUT2D eigenvalue weighted by Gasteiger charge is -2.40. The van der Waals surface area contributed by atoms with Crippen molar-refractivity contribution in [2.75, 3.05) is 13.7 Å². The number of nitrogens with two attached hydrogens (primary N) is 1. The van der Waals surface area contributed by atoms with Crippen molar-refractivity contribution < 1.29 is 19.2 Å². The van der Waals surface area contributed by atoms with Crippen LogP contribution in [0.5, 0.6) is 0 Å². The van der Waals surface area contributed by atoms with Crippen LogP contribution in [0.4, 0.5) is 4.79 Å². The minimum Gasteiger partial charge on any atom is -0.444 e. The van der Waals surface area contributed by atoms with Crippen molar-refractivity contribution >= 4 is 17.8 Å². The number of nitrogens with zero attached hydrogens (tertiary/aromatic N) is 2. The minimum atomic E-state index is -0.580. The summed E-state index contributed by atoms with van der Waals surface area (Å²) in [6.07, 6.45) is 0.176. The average molecular weight is 362 g/mol. The monoisotopic (exact) mass is 362 g/mol. The molecule has 0 aliphatic carbocycles. The van der Waals surface area contributed by atoms with Crippen LogP contribution in [0.1, 0.15) is 38.3 Å². The van der Waals surface area contributed by atoms with Gasteiger partial charge in [0.25, 0.3) is 0 Å². The van der Waals surface area contributed by atoms with E-state index in [-0.39, 0.29) is 11.7 Å². The second kappa shape index (κ2) is 8.07. The molecule has 1 aromatic carbocycles. The molecule has 3 N–H and O–H groups in total. The molecule has 1 aromatic rings. The van der Waals surface area contributed by atoms with Gasteiger partial charge in [0, 0.05) is 18.7 Å². The third kappa shape index (κ3) is 5.11. The van der Waals surface area contributed by atoms with Crippen molar-refractivity contribution in [2.45, 2.75) is 45.4 Å². The number of carbonyl (C=O) groups excluding carboxylic acids is 2. The van der Waals surface area contributed by atoms with Gasteiger partial charge in [-0.05, 0) is 32.8 Å². The summed E-state index contributed by atoms with van der Waals surface area (Å²) in [5.41, 5.74) is 6.80. The summed E-state index contributed by atoms with van der Waals surface area (Å²) in [4.78, 5) is 30.5. The van der Waals surface area contributed by atoms with Crippen LogP contribution in [0.2, 0.25) is 0 Å². The van der Waals surface area contributed by atoms with E-state index in [9.17, 15) is 9.59 Å². The van der Waals surface area contributed by atoms with E-state index in [0.29, 0.717) is 19.5 Å². The highest BCUT2D eigenvalue weighted by Gasteiger charge is 2.39. The average Bonchev–Trinajstić information content (AvgIpc) is 2.50. The van der Waals surface area contributed by atoms with Gasteiger partial charge in [-0.25, -0.2) is 4.79 Å². The van der Waals surface area contributed by atoms with Gasteiger partial charge in [0.1, 0.15) is 18.8 Å². The Morgan fingerprint density at radius 2 is 1.96 bits per heavy atom. The van der Waals surface area contributed by atoms with Gasteiger partial charge < -0.3 is 20.6 Å². The molecule has 2 amide bonds. The number of nitrogens with one attached hydrogen (secondary N) is 1. The maximum atomic E-state index is 12.3. The van der Waals surface area contributed by atoms with Gasteiger partial charge in [0.05, 0.1) is 0 Å². The third-order valence-electron chi connectivity index (χ3n) is 3.86. The van der Waals surface area contributed by atoms with Crippen molar-refractivity contribution in [1.82, 2.24) is 10.2 Å². The number of carbonyl (C=O) groups is 2. The molecule has 142 valence electrons. The fraction of sp³-hybridized carbons (Fsp3) is 0.500. The molecule has 1 unspecified atom stereocenters. The zero-order valence-corrected chi connectivity index (χ0v) is 15.6. The van der Waals surface area contributed by atoms with E-state index in [0.717, 1.165) is 11.1 Å². The maximum Gasteiger partial charge on any atom is 0.410 e. The third-order valence-corrected chi connectivity index (χ3v) is 3.86. The maximum absolute atomic E-state index is 12.3. The van der Waals surface area contributed by atoms with Crippen molar-refractivity contribution in [3.05, 3.63) is 35.4 Å². The van der Waals surface area contributed by atoms with Gasteiger partial charge in [-0.3, -0.25) is 9.69 Å². The molecule has 1 aliphatic heterocycles. The highest BCUT2D eigenvalue weighted by Crippen LogP contribution is 2.21. The number of likely N-dealkylation sites (tertiary alicyclic amines) is 1. The second-order valence-electron chi connectivity index (χ2n) is 7.05. The topological polar surface area (TPSA) is 106 Å². The van der Waals surface area contributed by atoms with E-state index in [4.69, 9.17) is 10.5 Å². The summed E-state index contributed by atoms with van der Waals surface area (Å²) in [5, 5.41) is 6.51. The highest BCUT2D eigenvalue weighted by atomic mass is 16.6. The van der Waals surface area contributed by atoms with Gasteiger partial charge in [-0.2, -0.15) is 0 Å². The van der Waals surface area contributed by atoms with Gasteiger partial charge >= 0.3 is 6.09 Å². The molecule has 0 radical (unpaired) electrons. The summed E-state index contributed by atoms with van der Waals surface area (Å²) in [7, 11) is 1.43. The molecule has 1 saturated heterocycles. The normalized spacial score (nSPS) is 17.3. The fourth-order valence-corrected chi connectivity index (χ4v) is 2.45. The number of rotatable bonds is 5. The summed E-state index contributed by atoms with van der Waals surface area (Å²) in [6, 6.07) is 6.82. The van der Waals surface area contributed by atoms with Crippen LogP contribution in [-0.4, -0.2) is 48.0 Å². The number of benzene rings is 1. The molecule has 26 heavy (non-hydrogen) atoms. The largest absolute Gasteiger partial charge is 0.444 e. The molecule has 0 bridgehead atoms. The highest BCUT2D eigenvalue weighted by molar-refractivity contribution is 5.97. The van der Waals surface area contributed by atoms with E-state index in [1.165, 1.54) is 12.0 Å². The summed E-state index contributed by atoms with van der Waals surface area (Å²) >= 11 is 0. The lowest BCUT2D eigenvalue weighted by atomic mass is 10.0. The van der Waals surface area contributed by atoms with Crippen LogP contribution in [0.25, 0.3) is 0 Å². The molecule has 8 nitrogen and oxygen atoms in total. The summed E-state index contributed by atoms with van der Waals surface area (Å²) < 4.78 is 5.31. The van der Waals surface area contributed by atoms with Gasteiger partial charge in [0.15, 0.2) is 5.84 Å². The van der Waals surface area contributed by atoms with Crippen molar-refractivity contribution in [1.29, 1.82) is 0 Å². The predicted octanol–water partition coefficient (Wildman–Crippen LogP) is 1.58. The lowest BCUT2D eigenvalue weighted by molar-refractivity contribution is -0.130. The van der Waals surface area contributed by atoms with Crippen LogP contribution in [0.15, 0.2) is 29.4 Å². The Morgan fingerprint density at radius 3 is 2.46 bits per heavy atom. The number of hydrogen-bond donors (Lipinski definition) is 2.